The Morgan fingerprint density at radius 3 is 2.60 bits per heavy atom. The van der Waals surface area contributed by atoms with Crippen LogP contribution in [0.4, 0.5) is 0 Å². The molecule has 0 aliphatic heterocycles. The van der Waals surface area contributed by atoms with E-state index in [-0.39, 0.29) is 11.4 Å². The Balaban J connectivity index is 2.89. The van der Waals surface area contributed by atoms with Crippen LogP contribution in [0.3, 0.4) is 0 Å². The number of rotatable bonds is 4. The van der Waals surface area contributed by atoms with E-state index >= 15 is 0 Å². The second kappa shape index (κ2) is 5.33. The molecule has 0 saturated carbocycles. The average Bonchev–Trinajstić information content (AvgIpc) is 2.20. The van der Waals surface area contributed by atoms with E-state index in [1.807, 2.05) is 32.0 Å². The molecule has 2 nitrogen and oxygen atoms in total. The van der Waals surface area contributed by atoms with Gasteiger partial charge in [-0.2, -0.15) is 0 Å². The van der Waals surface area contributed by atoms with Crippen LogP contribution < -0.4 is 0 Å². The molecule has 0 saturated heterocycles. The van der Waals surface area contributed by atoms with Gasteiger partial charge in [-0.05, 0) is 26.0 Å². The molecule has 2 unspecified atom stereocenters. The van der Waals surface area contributed by atoms with Crippen molar-refractivity contribution < 1.29 is 9.90 Å². The first-order valence-electron chi connectivity index (χ1n) is 4.95. The van der Waals surface area contributed by atoms with E-state index in [2.05, 4.69) is 0 Å². The van der Waals surface area contributed by atoms with Crippen LogP contribution in [-0.2, 0) is 0 Å². The van der Waals surface area contributed by atoms with Gasteiger partial charge in [-0.15, -0.1) is 11.8 Å². The van der Waals surface area contributed by atoms with Crippen LogP contribution in [0.1, 0.15) is 29.8 Å². The SMILES string of the molecule is Cc1ccc(SC(C)C(C)O)c(C=O)c1. The van der Waals surface area contributed by atoms with Gasteiger partial charge in [0, 0.05) is 15.7 Å². The molecule has 1 aromatic carbocycles. The number of hydrogen-bond donors (Lipinski definition) is 1. The fraction of sp³-hybridized carbons (Fsp3) is 0.417. The average molecular weight is 224 g/mol. The zero-order valence-electron chi connectivity index (χ0n) is 9.23. The summed E-state index contributed by atoms with van der Waals surface area (Å²) in [6.07, 6.45) is 0.486. The summed E-state index contributed by atoms with van der Waals surface area (Å²) in [5.74, 6) is 0. The van der Waals surface area contributed by atoms with Crippen molar-refractivity contribution in [3.05, 3.63) is 29.3 Å². The molecule has 82 valence electrons. The van der Waals surface area contributed by atoms with Gasteiger partial charge in [0.1, 0.15) is 0 Å². The molecular weight excluding hydrogens is 208 g/mol. The lowest BCUT2D eigenvalue weighted by molar-refractivity contribution is 0.112. The molecule has 2 atom stereocenters. The number of aliphatic hydroxyl groups excluding tert-OH is 1. The van der Waals surface area contributed by atoms with Gasteiger partial charge in [0.05, 0.1) is 6.10 Å². The third-order valence-electron chi connectivity index (χ3n) is 2.28. The van der Waals surface area contributed by atoms with Gasteiger partial charge in [-0.1, -0.05) is 18.6 Å². The predicted molar refractivity (Wildman–Crippen MR) is 63.6 cm³/mol. The molecule has 0 aliphatic carbocycles. The van der Waals surface area contributed by atoms with Crippen molar-refractivity contribution in [3.8, 4) is 0 Å². The van der Waals surface area contributed by atoms with E-state index < -0.39 is 0 Å². The number of aryl methyl sites for hydroxylation is 1. The Hall–Kier alpha value is -0.800. The third-order valence-corrected chi connectivity index (χ3v) is 3.68. The van der Waals surface area contributed by atoms with Crippen molar-refractivity contribution in [2.75, 3.05) is 0 Å². The van der Waals surface area contributed by atoms with Crippen LogP contribution in [0, 0.1) is 6.92 Å². The van der Waals surface area contributed by atoms with Crippen molar-refractivity contribution >= 4 is 18.0 Å². The van der Waals surface area contributed by atoms with Crippen molar-refractivity contribution in [1.82, 2.24) is 0 Å². The predicted octanol–water partition coefficient (Wildman–Crippen LogP) is 2.67. The molecule has 1 aromatic rings. The van der Waals surface area contributed by atoms with E-state index in [0.29, 0.717) is 5.56 Å². The minimum absolute atomic E-state index is 0.0893. The Kier molecular flexibility index (Phi) is 4.36. The lowest BCUT2D eigenvalue weighted by Crippen LogP contribution is -2.15. The molecule has 0 bridgehead atoms. The lowest BCUT2D eigenvalue weighted by Gasteiger charge is -2.15. The summed E-state index contributed by atoms with van der Waals surface area (Å²) < 4.78 is 0. The molecule has 0 aliphatic rings. The molecule has 3 heteroatoms. The highest BCUT2D eigenvalue weighted by molar-refractivity contribution is 8.00. The number of carbonyl (C=O) groups excluding carboxylic acids is 1. The van der Waals surface area contributed by atoms with E-state index in [1.54, 1.807) is 6.92 Å². The van der Waals surface area contributed by atoms with E-state index in [9.17, 15) is 9.90 Å². The number of carbonyl (C=O) groups is 1. The zero-order valence-corrected chi connectivity index (χ0v) is 10.0. The summed E-state index contributed by atoms with van der Waals surface area (Å²) in [6, 6.07) is 5.77. The lowest BCUT2D eigenvalue weighted by atomic mass is 10.2. The van der Waals surface area contributed by atoms with Crippen LogP contribution in [-0.4, -0.2) is 22.7 Å². The molecule has 1 N–H and O–H groups in total. The summed E-state index contributed by atoms with van der Waals surface area (Å²) in [7, 11) is 0. The van der Waals surface area contributed by atoms with Crippen LogP contribution >= 0.6 is 11.8 Å². The number of benzene rings is 1. The second-order valence-corrected chi connectivity index (χ2v) is 5.14. The fourth-order valence-electron chi connectivity index (χ4n) is 1.17. The monoisotopic (exact) mass is 224 g/mol. The highest BCUT2D eigenvalue weighted by Gasteiger charge is 2.12. The molecule has 0 aromatic heterocycles. The van der Waals surface area contributed by atoms with Gasteiger partial charge in [0.25, 0.3) is 0 Å². The van der Waals surface area contributed by atoms with Gasteiger partial charge >= 0.3 is 0 Å². The highest BCUT2D eigenvalue weighted by Crippen LogP contribution is 2.28. The Bertz CT molecular complexity index is 347. The normalized spacial score (nSPS) is 14.7. The Labute approximate surface area is 94.7 Å². The number of aldehydes is 1. The van der Waals surface area contributed by atoms with E-state index in [1.165, 1.54) is 11.8 Å². The minimum Gasteiger partial charge on any atom is -0.392 e. The molecule has 1 rings (SSSR count). The summed E-state index contributed by atoms with van der Waals surface area (Å²) in [6.45, 7) is 5.66. The maximum atomic E-state index is 10.9. The molecular formula is C12H16O2S. The Morgan fingerprint density at radius 2 is 2.07 bits per heavy atom. The number of aliphatic hydroxyl groups is 1. The summed E-state index contributed by atoms with van der Waals surface area (Å²) >= 11 is 1.53. The van der Waals surface area contributed by atoms with Gasteiger partial charge in [-0.25, -0.2) is 0 Å². The highest BCUT2D eigenvalue weighted by atomic mass is 32.2. The van der Waals surface area contributed by atoms with Crippen molar-refractivity contribution in [2.24, 2.45) is 0 Å². The second-order valence-electron chi connectivity index (χ2n) is 3.72. The minimum atomic E-state index is -0.379. The topological polar surface area (TPSA) is 37.3 Å². The first-order chi connectivity index (χ1) is 7.04. The van der Waals surface area contributed by atoms with Gasteiger partial charge in [0.2, 0.25) is 0 Å². The van der Waals surface area contributed by atoms with Gasteiger partial charge in [-0.3, -0.25) is 4.79 Å². The van der Waals surface area contributed by atoms with E-state index in [4.69, 9.17) is 0 Å². The van der Waals surface area contributed by atoms with Crippen molar-refractivity contribution in [2.45, 2.75) is 37.0 Å². The first kappa shape index (κ1) is 12.3. The standard InChI is InChI=1S/C12H16O2S/c1-8-4-5-12(11(6-8)7-13)15-10(3)9(2)14/h4-7,9-10,14H,1-3H3. The molecule has 15 heavy (non-hydrogen) atoms. The molecule has 0 fully saturated rings. The largest absolute Gasteiger partial charge is 0.392 e. The molecule has 0 spiro atoms. The first-order valence-corrected chi connectivity index (χ1v) is 5.83. The van der Waals surface area contributed by atoms with E-state index in [0.717, 1.165) is 16.7 Å². The number of hydrogen-bond acceptors (Lipinski definition) is 3. The van der Waals surface area contributed by atoms with Crippen LogP contribution in [0.5, 0.6) is 0 Å². The van der Waals surface area contributed by atoms with Crippen molar-refractivity contribution in [3.63, 3.8) is 0 Å². The fourth-order valence-corrected chi connectivity index (χ4v) is 2.15. The van der Waals surface area contributed by atoms with Gasteiger partial charge in [0.15, 0.2) is 6.29 Å². The summed E-state index contributed by atoms with van der Waals surface area (Å²) in [5.41, 5.74) is 1.78. The Morgan fingerprint density at radius 1 is 1.40 bits per heavy atom. The maximum absolute atomic E-state index is 10.9. The third kappa shape index (κ3) is 3.36. The molecule has 0 amide bonds. The zero-order chi connectivity index (χ0) is 11.4. The quantitative estimate of drug-likeness (QED) is 0.631. The maximum Gasteiger partial charge on any atom is 0.151 e. The van der Waals surface area contributed by atoms with Crippen LogP contribution in [0.25, 0.3) is 0 Å². The summed E-state index contributed by atoms with van der Waals surface area (Å²) in [5, 5.41) is 9.48. The molecule has 0 radical (unpaired) electrons. The number of thioether (sulfide) groups is 1. The van der Waals surface area contributed by atoms with Crippen LogP contribution in [0.15, 0.2) is 23.1 Å². The van der Waals surface area contributed by atoms with Crippen molar-refractivity contribution in [1.29, 1.82) is 0 Å². The molecule has 0 heterocycles. The van der Waals surface area contributed by atoms with Crippen LogP contribution in [0.2, 0.25) is 0 Å². The van der Waals surface area contributed by atoms with Gasteiger partial charge < -0.3 is 5.11 Å². The summed E-state index contributed by atoms with van der Waals surface area (Å²) in [4.78, 5) is 11.8. The smallest absolute Gasteiger partial charge is 0.151 e.